The predicted octanol–water partition coefficient (Wildman–Crippen LogP) is 2.44. The highest BCUT2D eigenvalue weighted by molar-refractivity contribution is 7.10. The van der Waals surface area contributed by atoms with Crippen molar-refractivity contribution in [1.29, 1.82) is 0 Å². The van der Waals surface area contributed by atoms with Gasteiger partial charge in [0.05, 0.1) is 13.2 Å². The molecule has 1 N–H and O–H groups in total. The Balaban J connectivity index is 1.90. The molecule has 1 aromatic heterocycles. The molecule has 0 radical (unpaired) electrons. The lowest BCUT2D eigenvalue weighted by molar-refractivity contribution is 0.102. The minimum Gasteiger partial charge on any atom is -0.377 e. The Bertz CT molecular complexity index is 489. The zero-order valence-electron chi connectivity index (χ0n) is 9.31. The van der Waals surface area contributed by atoms with Crippen molar-refractivity contribution in [3.8, 4) is 0 Å². The van der Waals surface area contributed by atoms with Gasteiger partial charge in [-0.25, -0.2) is 4.39 Å². The zero-order valence-corrected chi connectivity index (χ0v) is 10.1. The van der Waals surface area contributed by atoms with Gasteiger partial charge in [-0.05, 0) is 6.07 Å². The smallest absolute Gasteiger partial charge is 0.135 e. The summed E-state index contributed by atoms with van der Waals surface area (Å²) in [6.45, 7) is 0.550. The maximum atomic E-state index is 13.3. The first kappa shape index (κ1) is 11.9. The predicted molar refractivity (Wildman–Crippen MR) is 64.3 cm³/mol. The zero-order chi connectivity index (χ0) is 12.1. The van der Waals surface area contributed by atoms with Gasteiger partial charge in [0.2, 0.25) is 0 Å². The summed E-state index contributed by atoms with van der Waals surface area (Å²) >= 11 is 1.27. The fourth-order valence-corrected chi connectivity index (χ4v) is 1.88. The first-order valence-electron chi connectivity index (χ1n) is 5.11. The van der Waals surface area contributed by atoms with Crippen LogP contribution in [0.15, 0.2) is 24.3 Å². The largest absolute Gasteiger partial charge is 0.377 e. The SMILES string of the molecule is CNc1snnc1COCc1ccccc1F. The second-order valence-corrected chi connectivity index (χ2v) is 4.14. The third-order valence-electron chi connectivity index (χ3n) is 2.24. The van der Waals surface area contributed by atoms with Crippen molar-refractivity contribution >= 4 is 16.5 Å². The molecule has 0 bridgehead atoms. The van der Waals surface area contributed by atoms with Gasteiger partial charge in [-0.1, -0.05) is 22.7 Å². The van der Waals surface area contributed by atoms with Crippen LogP contribution in [0.1, 0.15) is 11.3 Å². The third kappa shape index (κ3) is 2.98. The molecule has 1 heterocycles. The fraction of sp³-hybridized carbons (Fsp3) is 0.273. The standard InChI is InChI=1S/C11H12FN3OS/c1-13-11-10(14-15-17-11)7-16-6-8-4-2-3-5-9(8)12/h2-5,13H,6-7H2,1H3. The molecule has 0 aliphatic carbocycles. The van der Waals surface area contributed by atoms with Gasteiger partial charge in [-0.15, -0.1) is 5.10 Å². The molecule has 2 rings (SSSR count). The summed E-state index contributed by atoms with van der Waals surface area (Å²) in [5.74, 6) is -0.252. The van der Waals surface area contributed by atoms with Crippen LogP contribution in [0.25, 0.3) is 0 Å². The van der Waals surface area contributed by atoms with Gasteiger partial charge < -0.3 is 10.1 Å². The van der Waals surface area contributed by atoms with Gasteiger partial charge >= 0.3 is 0 Å². The maximum absolute atomic E-state index is 13.3. The summed E-state index contributed by atoms with van der Waals surface area (Å²) in [5, 5.41) is 7.78. The molecule has 0 fully saturated rings. The van der Waals surface area contributed by atoms with E-state index < -0.39 is 0 Å². The molecule has 0 saturated carbocycles. The summed E-state index contributed by atoms with van der Waals surface area (Å²) < 4.78 is 22.5. The molecule has 0 saturated heterocycles. The first-order valence-corrected chi connectivity index (χ1v) is 5.88. The fourth-order valence-electron chi connectivity index (χ4n) is 1.37. The number of ether oxygens (including phenoxy) is 1. The molecule has 90 valence electrons. The number of anilines is 1. The number of rotatable bonds is 5. The molecule has 4 nitrogen and oxygen atoms in total. The molecule has 0 aliphatic rings. The van der Waals surface area contributed by atoms with Gasteiger partial charge in [0.1, 0.15) is 16.5 Å². The van der Waals surface area contributed by atoms with Crippen molar-refractivity contribution in [2.24, 2.45) is 0 Å². The van der Waals surface area contributed by atoms with Gasteiger partial charge in [0.15, 0.2) is 0 Å². The topological polar surface area (TPSA) is 47.0 Å². The summed E-state index contributed by atoms with van der Waals surface area (Å²) in [6, 6.07) is 6.56. The van der Waals surface area contributed by atoms with Crippen molar-refractivity contribution in [3.63, 3.8) is 0 Å². The van der Waals surface area contributed by atoms with Crippen LogP contribution in [-0.2, 0) is 18.0 Å². The number of hydrogen-bond donors (Lipinski definition) is 1. The second-order valence-electron chi connectivity index (χ2n) is 3.38. The Morgan fingerprint density at radius 3 is 2.94 bits per heavy atom. The average Bonchev–Trinajstić information content (AvgIpc) is 2.79. The molecule has 6 heteroatoms. The number of aromatic nitrogens is 2. The van der Waals surface area contributed by atoms with Gasteiger partial charge in [0.25, 0.3) is 0 Å². The Labute approximate surface area is 103 Å². The molecular weight excluding hydrogens is 241 g/mol. The Morgan fingerprint density at radius 2 is 2.18 bits per heavy atom. The summed E-state index contributed by atoms with van der Waals surface area (Å²) in [7, 11) is 1.80. The Kier molecular flexibility index (Phi) is 4.00. The Hall–Kier alpha value is -1.53. The average molecular weight is 253 g/mol. The van der Waals surface area contributed by atoms with Gasteiger partial charge in [-0.2, -0.15) is 0 Å². The van der Waals surface area contributed by atoms with E-state index in [0.717, 1.165) is 10.7 Å². The van der Waals surface area contributed by atoms with Gasteiger partial charge in [-0.3, -0.25) is 0 Å². The molecule has 0 aliphatic heterocycles. The number of hydrogen-bond acceptors (Lipinski definition) is 5. The van der Waals surface area contributed by atoms with E-state index in [1.807, 2.05) is 0 Å². The van der Waals surface area contributed by atoms with Gasteiger partial charge in [0, 0.05) is 24.1 Å². The summed E-state index contributed by atoms with van der Waals surface area (Å²) in [6.07, 6.45) is 0. The van der Waals surface area contributed by atoms with E-state index in [2.05, 4.69) is 14.9 Å². The minimum absolute atomic E-state index is 0.230. The van der Waals surface area contributed by atoms with E-state index in [0.29, 0.717) is 12.2 Å². The first-order chi connectivity index (χ1) is 8.31. The highest BCUT2D eigenvalue weighted by Crippen LogP contribution is 2.18. The third-order valence-corrected chi connectivity index (χ3v) is 3.02. The lowest BCUT2D eigenvalue weighted by Gasteiger charge is -2.04. The molecule has 2 aromatic rings. The molecule has 17 heavy (non-hydrogen) atoms. The highest BCUT2D eigenvalue weighted by Gasteiger charge is 2.07. The number of nitrogens with one attached hydrogen (secondary N) is 1. The van der Waals surface area contributed by atoms with E-state index in [1.54, 1.807) is 25.2 Å². The van der Waals surface area contributed by atoms with E-state index in [-0.39, 0.29) is 12.4 Å². The van der Waals surface area contributed by atoms with E-state index in [1.165, 1.54) is 17.6 Å². The van der Waals surface area contributed by atoms with Crippen LogP contribution in [-0.4, -0.2) is 16.6 Å². The highest BCUT2D eigenvalue weighted by atomic mass is 32.1. The molecular formula is C11H12FN3OS. The molecule has 0 unspecified atom stereocenters. The normalized spacial score (nSPS) is 10.5. The molecule has 0 atom stereocenters. The molecule has 0 spiro atoms. The van der Waals surface area contributed by atoms with Crippen LogP contribution in [0, 0.1) is 5.82 Å². The number of benzene rings is 1. The molecule has 0 amide bonds. The molecule has 1 aromatic carbocycles. The minimum atomic E-state index is -0.252. The van der Waals surface area contributed by atoms with Crippen molar-refractivity contribution in [2.45, 2.75) is 13.2 Å². The van der Waals surface area contributed by atoms with Crippen molar-refractivity contribution in [3.05, 3.63) is 41.3 Å². The van der Waals surface area contributed by atoms with Crippen molar-refractivity contribution in [2.75, 3.05) is 12.4 Å². The van der Waals surface area contributed by atoms with Crippen LogP contribution in [0.5, 0.6) is 0 Å². The van der Waals surface area contributed by atoms with Crippen LogP contribution in [0.2, 0.25) is 0 Å². The van der Waals surface area contributed by atoms with Crippen LogP contribution in [0.3, 0.4) is 0 Å². The van der Waals surface area contributed by atoms with Crippen molar-refractivity contribution in [1.82, 2.24) is 9.59 Å². The van der Waals surface area contributed by atoms with Crippen LogP contribution >= 0.6 is 11.5 Å². The second kappa shape index (κ2) is 5.70. The van der Waals surface area contributed by atoms with Crippen LogP contribution in [0.4, 0.5) is 9.39 Å². The quantitative estimate of drug-likeness (QED) is 0.889. The summed E-state index contributed by atoms with van der Waals surface area (Å²) in [5.41, 5.74) is 1.29. The lowest BCUT2D eigenvalue weighted by Crippen LogP contribution is -1.99. The summed E-state index contributed by atoms with van der Waals surface area (Å²) in [4.78, 5) is 0. The van der Waals surface area contributed by atoms with E-state index >= 15 is 0 Å². The van der Waals surface area contributed by atoms with Crippen molar-refractivity contribution < 1.29 is 9.13 Å². The Morgan fingerprint density at radius 1 is 1.35 bits per heavy atom. The number of nitrogens with zero attached hydrogens (tertiary/aromatic N) is 2. The maximum Gasteiger partial charge on any atom is 0.135 e. The van der Waals surface area contributed by atoms with E-state index in [9.17, 15) is 4.39 Å². The van der Waals surface area contributed by atoms with E-state index in [4.69, 9.17) is 4.74 Å². The monoisotopic (exact) mass is 253 g/mol. The number of halogens is 1. The van der Waals surface area contributed by atoms with Crippen LogP contribution < -0.4 is 5.32 Å². The lowest BCUT2D eigenvalue weighted by atomic mass is 10.2.